The number of nitrogens with zero attached hydrogens (tertiary/aromatic N) is 7. The normalized spacial score (nSPS) is 22.8. The predicted octanol–water partition coefficient (Wildman–Crippen LogP) is 4.55. The summed E-state index contributed by atoms with van der Waals surface area (Å²) >= 11 is 0. The molecule has 1 N–H and O–H groups in total. The number of piperidine rings is 4. The number of nitro groups is 1. The zero-order chi connectivity index (χ0) is 39.2. The maximum atomic E-state index is 13.3. The molecule has 14 nitrogen and oxygen atoms in total. The number of anilines is 1. The molecule has 0 saturated carbocycles. The second kappa shape index (κ2) is 15.5. The second-order valence-corrected chi connectivity index (χ2v) is 16.7. The number of aliphatic imine (C=N–C) groups is 1. The fourth-order valence-electron chi connectivity index (χ4n) is 9.87. The first-order valence-corrected chi connectivity index (χ1v) is 20.5. The number of aromatic nitrogens is 1. The van der Waals surface area contributed by atoms with E-state index >= 15 is 0 Å². The number of hydrogen-bond donors (Lipinski definition) is 1. The molecular weight excluding hydrogens is 725 g/mol. The van der Waals surface area contributed by atoms with Crippen LogP contribution in [0, 0.1) is 22.0 Å². The van der Waals surface area contributed by atoms with Crippen LogP contribution in [0.5, 0.6) is 0 Å². The first kappa shape index (κ1) is 37.2. The Balaban J connectivity index is 0.710. The van der Waals surface area contributed by atoms with Gasteiger partial charge in [-0.3, -0.25) is 49.5 Å². The summed E-state index contributed by atoms with van der Waals surface area (Å²) < 4.78 is 0. The van der Waals surface area contributed by atoms with E-state index in [0.29, 0.717) is 35.4 Å². The minimum atomic E-state index is -0.957. The van der Waals surface area contributed by atoms with E-state index in [-0.39, 0.29) is 29.4 Å². The Morgan fingerprint density at radius 2 is 1.42 bits per heavy atom. The van der Waals surface area contributed by atoms with Gasteiger partial charge in [0.15, 0.2) is 0 Å². The Morgan fingerprint density at radius 3 is 2.12 bits per heavy atom. The molecule has 0 aliphatic carbocycles. The Labute approximate surface area is 331 Å². The van der Waals surface area contributed by atoms with Gasteiger partial charge in [0, 0.05) is 79.4 Å². The first-order chi connectivity index (χ1) is 27.7. The van der Waals surface area contributed by atoms with Crippen molar-refractivity contribution in [3.63, 3.8) is 0 Å². The lowest BCUT2D eigenvalue weighted by Crippen LogP contribution is -2.54. The molecule has 1 aromatic heterocycles. The molecule has 7 heterocycles. The quantitative estimate of drug-likeness (QED) is 0.186. The van der Waals surface area contributed by atoms with Crippen molar-refractivity contribution in [3.8, 4) is 0 Å². The van der Waals surface area contributed by atoms with Crippen molar-refractivity contribution < 1.29 is 24.1 Å². The van der Waals surface area contributed by atoms with Crippen molar-refractivity contribution >= 4 is 40.7 Å². The van der Waals surface area contributed by atoms with Gasteiger partial charge in [0.1, 0.15) is 6.04 Å². The maximum Gasteiger partial charge on any atom is 0.270 e. The van der Waals surface area contributed by atoms with Crippen molar-refractivity contribution in [3.05, 3.63) is 98.4 Å². The highest BCUT2D eigenvalue weighted by Gasteiger charge is 2.45. The zero-order valence-electron chi connectivity index (χ0n) is 32.1. The highest BCUT2D eigenvalue weighted by atomic mass is 16.6. The van der Waals surface area contributed by atoms with Crippen LogP contribution in [0.25, 0.3) is 0 Å². The third-order valence-electron chi connectivity index (χ3n) is 13.2. The molecule has 3 aromatic rings. The van der Waals surface area contributed by atoms with Crippen molar-refractivity contribution in [1.29, 1.82) is 0 Å². The number of nitro benzene ring substituents is 1. The summed E-state index contributed by atoms with van der Waals surface area (Å²) in [7, 11) is 0. The molecule has 2 aromatic carbocycles. The van der Waals surface area contributed by atoms with Gasteiger partial charge in [-0.15, -0.1) is 0 Å². The van der Waals surface area contributed by atoms with E-state index in [1.54, 1.807) is 24.3 Å². The fraction of sp³-hybridized carbons (Fsp3) is 0.488. The first-order valence-electron chi connectivity index (χ1n) is 20.5. The molecule has 1 atom stereocenters. The van der Waals surface area contributed by atoms with Gasteiger partial charge in [-0.1, -0.05) is 0 Å². The smallest absolute Gasteiger partial charge is 0.270 e. The number of carbonyl (C=O) groups excluding carboxylic acids is 4. The molecule has 6 aliphatic heterocycles. The van der Waals surface area contributed by atoms with Gasteiger partial charge >= 0.3 is 0 Å². The number of pyridine rings is 1. The Hall–Kier alpha value is -5.34. The molecule has 9 rings (SSSR count). The molecule has 6 aliphatic rings. The third kappa shape index (κ3) is 7.48. The highest BCUT2D eigenvalue weighted by Crippen LogP contribution is 2.34. The molecule has 1 unspecified atom stereocenters. The van der Waals surface area contributed by atoms with Crippen molar-refractivity contribution in [2.75, 3.05) is 57.3 Å². The summed E-state index contributed by atoms with van der Waals surface area (Å²) in [4.78, 5) is 79.7. The third-order valence-corrected chi connectivity index (χ3v) is 13.2. The number of imide groups is 2. The van der Waals surface area contributed by atoms with Gasteiger partial charge in [0.25, 0.3) is 17.5 Å². The molecule has 4 fully saturated rings. The molecule has 296 valence electrons. The van der Waals surface area contributed by atoms with Gasteiger partial charge in [0.05, 0.1) is 28.3 Å². The lowest BCUT2D eigenvalue weighted by molar-refractivity contribution is -0.384. The van der Waals surface area contributed by atoms with Gasteiger partial charge in [-0.05, 0) is 125 Å². The lowest BCUT2D eigenvalue weighted by Gasteiger charge is -2.40. The summed E-state index contributed by atoms with van der Waals surface area (Å²) in [5.41, 5.74) is 6.42. The van der Waals surface area contributed by atoms with Crippen molar-refractivity contribution in [2.45, 2.75) is 69.9 Å². The van der Waals surface area contributed by atoms with Crippen LogP contribution >= 0.6 is 0 Å². The maximum absolute atomic E-state index is 13.3. The minimum absolute atomic E-state index is 0.0896. The number of nitrogens with one attached hydrogen (secondary N) is 1. The minimum Gasteiger partial charge on any atom is -0.371 e. The van der Waals surface area contributed by atoms with E-state index in [2.05, 4.69) is 26.1 Å². The topological polar surface area (TPSA) is 162 Å². The van der Waals surface area contributed by atoms with Gasteiger partial charge in [0.2, 0.25) is 11.8 Å². The Kier molecular flexibility index (Phi) is 10.2. The van der Waals surface area contributed by atoms with Crippen LogP contribution in [0.1, 0.15) is 100 Å². The van der Waals surface area contributed by atoms with E-state index in [4.69, 9.17) is 9.98 Å². The van der Waals surface area contributed by atoms with E-state index in [0.717, 1.165) is 117 Å². The van der Waals surface area contributed by atoms with Crippen LogP contribution < -0.4 is 10.2 Å². The predicted molar refractivity (Wildman–Crippen MR) is 212 cm³/mol. The van der Waals surface area contributed by atoms with Crippen molar-refractivity contribution in [2.24, 2.45) is 16.8 Å². The van der Waals surface area contributed by atoms with Crippen LogP contribution in [0.3, 0.4) is 0 Å². The van der Waals surface area contributed by atoms with Crippen LogP contribution in [-0.2, 0) is 16.1 Å². The number of carbonyl (C=O) groups is 4. The molecule has 0 bridgehead atoms. The number of likely N-dealkylation sites (tertiary alicyclic amines) is 2. The van der Waals surface area contributed by atoms with Crippen molar-refractivity contribution in [1.82, 2.24) is 25.0 Å². The summed E-state index contributed by atoms with van der Waals surface area (Å²) in [5.74, 6) is -0.179. The number of non-ortho nitro benzene ring substituents is 1. The second-order valence-electron chi connectivity index (χ2n) is 16.7. The van der Waals surface area contributed by atoms with Crippen LogP contribution in [0.15, 0.2) is 59.7 Å². The van der Waals surface area contributed by atoms with Gasteiger partial charge < -0.3 is 14.7 Å². The van der Waals surface area contributed by atoms with E-state index in [1.807, 2.05) is 24.4 Å². The average Bonchev–Trinajstić information content (AvgIpc) is 3.76. The molecular formula is C43H48N8O6. The molecule has 0 radical (unpaired) electrons. The van der Waals surface area contributed by atoms with Crippen LogP contribution in [0.2, 0.25) is 0 Å². The highest BCUT2D eigenvalue weighted by molar-refractivity contribution is 6.23. The SMILES string of the molecule is O=C1CCC(N2C(=O)c3ccc(N4CCC(CN5CCC(CN6CCC(c7cc(C8=NCc9ccc([N+](=O)[O-])cc98)ccn7)CC6)CC5)CC4)cc3C2=O)C(=O)N1. The Bertz CT molecular complexity index is 2150. The number of amides is 4. The van der Waals surface area contributed by atoms with E-state index in [1.165, 1.54) is 12.8 Å². The summed E-state index contributed by atoms with van der Waals surface area (Å²) in [6.07, 6.45) is 8.85. The number of rotatable bonds is 9. The standard InChI is InChI=1S/C43H48N8O6/c52-39-6-5-38(41(53)46-39)50-42(54)34-4-3-32(22-36(34)43(50)55)49-19-10-28(11-20-49)26-47-15-8-27(9-16-47)25-48-17-12-29(13-18-48)37-21-30(7-14-44-37)40-35-23-33(51(56)57)2-1-31(35)24-45-40/h1-4,7,14,21-23,27-29,38H,5-6,8-13,15-20,24-26H2,(H,46,52,53). The number of fused-ring (bicyclic) bond motifs is 2. The van der Waals surface area contributed by atoms with E-state index in [9.17, 15) is 29.3 Å². The average molecular weight is 773 g/mol. The van der Waals surface area contributed by atoms with Gasteiger partial charge in [-0.2, -0.15) is 0 Å². The monoisotopic (exact) mass is 772 g/mol. The molecule has 14 heteroatoms. The molecule has 57 heavy (non-hydrogen) atoms. The number of hydrogen-bond acceptors (Lipinski definition) is 11. The summed E-state index contributed by atoms with van der Waals surface area (Å²) in [6, 6.07) is 13.6. The van der Waals surface area contributed by atoms with Crippen LogP contribution in [0.4, 0.5) is 11.4 Å². The van der Waals surface area contributed by atoms with Crippen LogP contribution in [-0.4, -0.2) is 112 Å². The lowest BCUT2D eigenvalue weighted by atomic mass is 9.89. The molecule has 4 saturated heterocycles. The summed E-state index contributed by atoms with van der Waals surface area (Å²) in [6.45, 7) is 9.00. The zero-order valence-corrected chi connectivity index (χ0v) is 32.1. The van der Waals surface area contributed by atoms with Gasteiger partial charge in [-0.25, -0.2) is 0 Å². The summed E-state index contributed by atoms with van der Waals surface area (Å²) in [5, 5.41) is 13.7. The largest absolute Gasteiger partial charge is 0.371 e. The fourth-order valence-corrected chi connectivity index (χ4v) is 9.87. The Morgan fingerprint density at radius 1 is 0.737 bits per heavy atom. The number of benzene rings is 2. The van der Waals surface area contributed by atoms with E-state index < -0.39 is 23.8 Å². The molecule has 4 amide bonds. The molecule has 0 spiro atoms.